The summed E-state index contributed by atoms with van der Waals surface area (Å²) in [6.07, 6.45) is 4.06. The van der Waals surface area contributed by atoms with Crippen LogP contribution in [0.5, 0.6) is 5.88 Å². The number of halogens is 1. The van der Waals surface area contributed by atoms with Gasteiger partial charge in [0.05, 0.1) is 11.6 Å². The molecule has 4 heteroatoms. The quantitative estimate of drug-likeness (QED) is 0.727. The minimum absolute atomic E-state index is 0.0540. The molecular formula is C19H25ClN2O. The van der Waals surface area contributed by atoms with E-state index in [1.807, 2.05) is 13.8 Å². The van der Waals surface area contributed by atoms with Gasteiger partial charge in [0.2, 0.25) is 5.88 Å². The summed E-state index contributed by atoms with van der Waals surface area (Å²) < 4.78 is 0. The predicted octanol–water partition coefficient (Wildman–Crippen LogP) is 4.98. The number of alkyl halides is 1. The van der Waals surface area contributed by atoms with Crippen LogP contribution in [0.3, 0.4) is 0 Å². The molecule has 0 aliphatic rings. The first kappa shape index (κ1) is 17.7. The first-order chi connectivity index (χ1) is 11.0. The van der Waals surface area contributed by atoms with Gasteiger partial charge in [-0.2, -0.15) is 4.98 Å². The van der Waals surface area contributed by atoms with E-state index in [0.717, 1.165) is 23.2 Å². The lowest BCUT2D eigenvalue weighted by Crippen LogP contribution is -2.06. The molecule has 0 aliphatic heterocycles. The van der Waals surface area contributed by atoms with Gasteiger partial charge in [0.25, 0.3) is 0 Å². The molecule has 0 amide bonds. The van der Waals surface area contributed by atoms with Gasteiger partial charge in [0.15, 0.2) is 0 Å². The minimum Gasteiger partial charge on any atom is -0.493 e. The van der Waals surface area contributed by atoms with Crippen LogP contribution in [0.2, 0.25) is 0 Å². The van der Waals surface area contributed by atoms with Crippen molar-refractivity contribution in [1.29, 1.82) is 0 Å². The third-order valence-corrected chi connectivity index (χ3v) is 4.18. The Morgan fingerprint density at radius 2 is 1.91 bits per heavy atom. The average Bonchev–Trinajstić information content (AvgIpc) is 2.54. The van der Waals surface area contributed by atoms with Gasteiger partial charge in [-0.05, 0) is 24.0 Å². The molecule has 2 aromatic rings. The molecule has 1 aromatic heterocycles. The van der Waals surface area contributed by atoms with Crippen LogP contribution in [0.25, 0.3) is 0 Å². The summed E-state index contributed by atoms with van der Waals surface area (Å²) in [5, 5.41) is 10.3. The van der Waals surface area contributed by atoms with Crippen molar-refractivity contribution in [2.75, 3.05) is 0 Å². The number of nitrogens with zero attached hydrogens (tertiary/aromatic N) is 2. The van der Waals surface area contributed by atoms with E-state index in [-0.39, 0.29) is 17.7 Å². The minimum atomic E-state index is 0.0540. The molecule has 0 atom stereocenters. The van der Waals surface area contributed by atoms with Gasteiger partial charge in [-0.3, -0.25) is 0 Å². The summed E-state index contributed by atoms with van der Waals surface area (Å²) in [5.74, 6) is 1.13. The Balaban J connectivity index is 2.29. The number of unbranched alkanes of at least 4 members (excludes halogenated alkanes) is 1. The second kappa shape index (κ2) is 8.30. The topological polar surface area (TPSA) is 46.0 Å². The Bertz CT molecular complexity index is 656. The highest BCUT2D eigenvalue weighted by Gasteiger charge is 2.15. The summed E-state index contributed by atoms with van der Waals surface area (Å²) in [6.45, 7) is 6.20. The van der Waals surface area contributed by atoms with E-state index >= 15 is 0 Å². The fraction of sp³-hybridized carbons (Fsp3) is 0.474. The maximum Gasteiger partial charge on any atom is 0.218 e. The molecule has 2 rings (SSSR count). The molecule has 3 nitrogen and oxygen atoms in total. The van der Waals surface area contributed by atoms with E-state index in [2.05, 4.69) is 41.2 Å². The van der Waals surface area contributed by atoms with Crippen molar-refractivity contribution in [2.45, 2.75) is 58.3 Å². The number of rotatable bonds is 7. The monoisotopic (exact) mass is 332 g/mol. The fourth-order valence-electron chi connectivity index (χ4n) is 2.57. The molecule has 0 unspecified atom stereocenters. The maximum absolute atomic E-state index is 10.3. The number of aromatic hydroxyl groups is 1. The van der Waals surface area contributed by atoms with Gasteiger partial charge in [-0.15, -0.1) is 11.6 Å². The van der Waals surface area contributed by atoms with Crippen molar-refractivity contribution in [3.05, 3.63) is 52.5 Å². The smallest absolute Gasteiger partial charge is 0.218 e. The number of aromatic nitrogens is 2. The molecule has 0 aliphatic carbocycles. The molecule has 0 saturated heterocycles. The van der Waals surface area contributed by atoms with Crippen molar-refractivity contribution in [3.63, 3.8) is 0 Å². The van der Waals surface area contributed by atoms with Gasteiger partial charge >= 0.3 is 0 Å². The average molecular weight is 333 g/mol. The standard InChI is InChI=1S/C19H25ClN2O/c1-4-5-7-14-8-6-9-15(10-14)11-16-17(12-20)21-18(13(2)3)22-19(16)23/h6,8-10,13H,4-5,7,11-12H2,1-3H3,(H,21,22,23). The molecule has 1 heterocycles. The first-order valence-corrected chi connectivity index (χ1v) is 8.81. The molecule has 0 spiro atoms. The van der Waals surface area contributed by atoms with E-state index < -0.39 is 0 Å². The van der Waals surface area contributed by atoms with Gasteiger partial charge in [-0.25, -0.2) is 4.98 Å². The Labute approximate surface area is 143 Å². The highest BCUT2D eigenvalue weighted by atomic mass is 35.5. The van der Waals surface area contributed by atoms with Crippen LogP contribution in [0.4, 0.5) is 0 Å². The summed E-state index contributed by atoms with van der Waals surface area (Å²) in [4.78, 5) is 8.75. The molecule has 0 bridgehead atoms. The van der Waals surface area contributed by atoms with Crippen LogP contribution in [0.1, 0.15) is 67.7 Å². The van der Waals surface area contributed by atoms with Gasteiger partial charge in [-0.1, -0.05) is 51.5 Å². The Morgan fingerprint density at radius 3 is 2.57 bits per heavy atom. The summed E-state index contributed by atoms with van der Waals surface area (Å²) >= 11 is 6.05. The van der Waals surface area contributed by atoms with Crippen LogP contribution >= 0.6 is 11.6 Å². The normalized spacial score (nSPS) is 11.2. The zero-order valence-electron chi connectivity index (χ0n) is 14.1. The molecule has 1 aromatic carbocycles. The highest BCUT2D eigenvalue weighted by molar-refractivity contribution is 6.17. The second-order valence-corrected chi connectivity index (χ2v) is 6.49. The fourth-order valence-corrected chi connectivity index (χ4v) is 2.79. The lowest BCUT2D eigenvalue weighted by molar-refractivity contribution is 0.439. The van der Waals surface area contributed by atoms with Crippen LogP contribution in [0.15, 0.2) is 24.3 Å². The lowest BCUT2D eigenvalue weighted by atomic mass is 10.00. The van der Waals surface area contributed by atoms with Crippen molar-refractivity contribution < 1.29 is 5.11 Å². The number of benzene rings is 1. The Kier molecular flexibility index (Phi) is 6.40. The third kappa shape index (κ3) is 4.68. The van der Waals surface area contributed by atoms with Crippen LogP contribution in [-0.2, 0) is 18.7 Å². The zero-order chi connectivity index (χ0) is 16.8. The number of hydrogen-bond acceptors (Lipinski definition) is 3. The highest BCUT2D eigenvalue weighted by Crippen LogP contribution is 2.25. The van der Waals surface area contributed by atoms with Crippen molar-refractivity contribution in [2.24, 2.45) is 0 Å². The number of hydrogen-bond donors (Lipinski definition) is 1. The van der Waals surface area contributed by atoms with E-state index in [0.29, 0.717) is 12.2 Å². The van der Waals surface area contributed by atoms with Crippen LogP contribution < -0.4 is 0 Å². The van der Waals surface area contributed by atoms with Gasteiger partial charge < -0.3 is 5.11 Å². The predicted molar refractivity (Wildman–Crippen MR) is 95.2 cm³/mol. The molecular weight excluding hydrogens is 308 g/mol. The molecule has 0 radical (unpaired) electrons. The third-order valence-electron chi connectivity index (χ3n) is 3.92. The van der Waals surface area contributed by atoms with Crippen molar-refractivity contribution >= 4 is 11.6 Å². The van der Waals surface area contributed by atoms with Crippen molar-refractivity contribution in [3.8, 4) is 5.88 Å². The first-order valence-electron chi connectivity index (χ1n) is 8.27. The zero-order valence-corrected chi connectivity index (χ0v) is 14.9. The van der Waals surface area contributed by atoms with E-state index in [4.69, 9.17) is 11.6 Å². The molecule has 1 N–H and O–H groups in total. The van der Waals surface area contributed by atoms with Crippen LogP contribution in [0, 0.1) is 0 Å². The maximum atomic E-state index is 10.3. The summed E-state index contributed by atoms with van der Waals surface area (Å²) in [6, 6.07) is 8.49. The summed E-state index contributed by atoms with van der Waals surface area (Å²) in [5.41, 5.74) is 3.94. The molecule has 0 saturated carbocycles. The lowest BCUT2D eigenvalue weighted by Gasteiger charge is -2.13. The number of aryl methyl sites for hydroxylation is 1. The molecule has 23 heavy (non-hydrogen) atoms. The molecule has 0 fully saturated rings. The Hall–Kier alpha value is -1.61. The van der Waals surface area contributed by atoms with E-state index in [9.17, 15) is 5.11 Å². The van der Waals surface area contributed by atoms with Crippen molar-refractivity contribution in [1.82, 2.24) is 9.97 Å². The second-order valence-electron chi connectivity index (χ2n) is 6.22. The van der Waals surface area contributed by atoms with Gasteiger partial charge in [0, 0.05) is 17.9 Å². The van der Waals surface area contributed by atoms with Crippen LogP contribution in [-0.4, -0.2) is 15.1 Å². The molecule has 124 valence electrons. The van der Waals surface area contributed by atoms with Gasteiger partial charge in [0.1, 0.15) is 5.82 Å². The van der Waals surface area contributed by atoms with E-state index in [1.54, 1.807) is 0 Å². The van der Waals surface area contributed by atoms with E-state index in [1.165, 1.54) is 18.4 Å². The SMILES string of the molecule is CCCCc1cccc(Cc2c(O)nc(C(C)C)nc2CCl)c1. The largest absolute Gasteiger partial charge is 0.493 e. The Morgan fingerprint density at radius 1 is 1.17 bits per heavy atom. The summed E-state index contributed by atoms with van der Waals surface area (Å²) in [7, 11) is 0.